The standard InChI is InChI=1S/C41H36N2O2/c1-25-21-29(13-17-37(25)44-39-19-15-31(42)23-27(39)3)41(35-11-7-5-9-33(35)34-10-6-8-12-36(34)41)30-14-18-38(26(2)22-30)45-40-20-16-32(43)24-28(40)4/h5-24H,42-43H2,1-4H3. The molecule has 1 aliphatic carbocycles. The van der Waals surface area contributed by atoms with Gasteiger partial charge in [0.2, 0.25) is 0 Å². The summed E-state index contributed by atoms with van der Waals surface area (Å²) in [5, 5.41) is 0. The van der Waals surface area contributed by atoms with Gasteiger partial charge in [0.05, 0.1) is 5.41 Å². The van der Waals surface area contributed by atoms with Gasteiger partial charge in [-0.05, 0) is 132 Å². The Bertz CT molecular complexity index is 1940. The highest BCUT2D eigenvalue weighted by Gasteiger charge is 2.46. The van der Waals surface area contributed by atoms with E-state index in [2.05, 4.69) is 98.8 Å². The number of hydrogen-bond acceptors (Lipinski definition) is 4. The second kappa shape index (κ2) is 10.9. The van der Waals surface area contributed by atoms with E-state index in [0.29, 0.717) is 0 Å². The molecule has 0 aliphatic heterocycles. The summed E-state index contributed by atoms with van der Waals surface area (Å²) >= 11 is 0. The average molecular weight is 589 g/mol. The predicted molar refractivity (Wildman–Crippen MR) is 185 cm³/mol. The molecule has 0 unspecified atom stereocenters. The number of nitrogens with two attached hydrogens (primary N) is 2. The Hall–Kier alpha value is -5.48. The third kappa shape index (κ3) is 4.70. The van der Waals surface area contributed by atoms with E-state index in [0.717, 1.165) is 56.6 Å². The molecule has 4 nitrogen and oxygen atoms in total. The lowest BCUT2D eigenvalue weighted by atomic mass is 9.67. The van der Waals surface area contributed by atoms with E-state index in [1.54, 1.807) is 0 Å². The van der Waals surface area contributed by atoms with Crippen molar-refractivity contribution in [1.29, 1.82) is 0 Å². The number of hydrogen-bond donors (Lipinski definition) is 2. The highest BCUT2D eigenvalue weighted by atomic mass is 16.5. The van der Waals surface area contributed by atoms with E-state index in [9.17, 15) is 0 Å². The summed E-state index contributed by atoms with van der Waals surface area (Å²) in [6.07, 6.45) is 0. The monoisotopic (exact) mass is 588 g/mol. The molecule has 0 saturated heterocycles. The second-order valence-corrected chi connectivity index (χ2v) is 12.1. The van der Waals surface area contributed by atoms with Crippen molar-refractivity contribution in [3.63, 3.8) is 0 Å². The fourth-order valence-electron chi connectivity index (χ4n) is 6.83. The fraction of sp³-hybridized carbons (Fsp3) is 0.122. The third-order valence-corrected chi connectivity index (χ3v) is 9.01. The molecular formula is C41H36N2O2. The van der Waals surface area contributed by atoms with Crippen LogP contribution in [0.15, 0.2) is 121 Å². The lowest BCUT2D eigenvalue weighted by molar-refractivity contribution is 0.474. The van der Waals surface area contributed by atoms with Gasteiger partial charge in [-0.3, -0.25) is 0 Å². The predicted octanol–water partition coefficient (Wildman–Crippen LogP) is 10.0. The Morgan fingerprint density at radius 2 is 0.778 bits per heavy atom. The first-order valence-electron chi connectivity index (χ1n) is 15.3. The normalized spacial score (nSPS) is 12.8. The zero-order valence-corrected chi connectivity index (χ0v) is 26.0. The van der Waals surface area contributed by atoms with Gasteiger partial charge in [-0.15, -0.1) is 0 Å². The smallest absolute Gasteiger partial charge is 0.130 e. The van der Waals surface area contributed by atoms with Crippen molar-refractivity contribution in [2.45, 2.75) is 33.1 Å². The van der Waals surface area contributed by atoms with Crippen LogP contribution in [0.4, 0.5) is 11.4 Å². The lowest BCUT2D eigenvalue weighted by Crippen LogP contribution is -2.28. The van der Waals surface area contributed by atoms with Crippen LogP contribution >= 0.6 is 0 Å². The molecule has 6 aromatic carbocycles. The van der Waals surface area contributed by atoms with Crippen molar-refractivity contribution in [1.82, 2.24) is 0 Å². The van der Waals surface area contributed by atoms with E-state index in [1.807, 2.05) is 50.2 Å². The number of anilines is 2. The number of benzene rings is 6. The maximum atomic E-state index is 6.42. The molecule has 4 heteroatoms. The Balaban J connectivity index is 1.39. The fourth-order valence-corrected chi connectivity index (χ4v) is 6.83. The van der Waals surface area contributed by atoms with Crippen molar-refractivity contribution in [3.8, 4) is 34.1 Å². The molecule has 222 valence electrons. The molecule has 0 heterocycles. The highest BCUT2D eigenvalue weighted by molar-refractivity contribution is 5.86. The second-order valence-electron chi connectivity index (χ2n) is 12.1. The van der Waals surface area contributed by atoms with Crippen LogP contribution in [0.1, 0.15) is 44.5 Å². The largest absolute Gasteiger partial charge is 0.457 e. The Kier molecular flexibility index (Phi) is 6.86. The molecular weight excluding hydrogens is 552 g/mol. The van der Waals surface area contributed by atoms with E-state index in [1.165, 1.54) is 33.4 Å². The zero-order chi connectivity index (χ0) is 31.3. The van der Waals surface area contributed by atoms with E-state index >= 15 is 0 Å². The molecule has 6 aromatic rings. The molecule has 0 atom stereocenters. The minimum atomic E-state index is -0.534. The molecule has 0 bridgehead atoms. The minimum Gasteiger partial charge on any atom is -0.457 e. The summed E-state index contributed by atoms with van der Waals surface area (Å²) in [4.78, 5) is 0. The van der Waals surface area contributed by atoms with Crippen molar-refractivity contribution >= 4 is 11.4 Å². The van der Waals surface area contributed by atoms with Crippen LogP contribution in [0.25, 0.3) is 11.1 Å². The zero-order valence-electron chi connectivity index (χ0n) is 26.0. The van der Waals surface area contributed by atoms with Gasteiger partial charge < -0.3 is 20.9 Å². The number of aryl methyl sites for hydroxylation is 4. The summed E-state index contributed by atoms with van der Waals surface area (Å²) < 4.78 is 12.8. The molecule has 0 aromatic heterocycles. The maximum Gasteiger partial charge on any atom is 0.130 e. The Labute approximate surface area is 264 Å². The van der Waals surface area contributed by atoms with Gasteiger partial charge in [0.25, 0.3) is 0 Å². The Morgan fingerprint density at radius 3 is 1.16 bits per heavy atom. The number of fused-ring (bicyclic) bond motifs is 3. The van der Waals surface area contributed by atoms with E-state index in [-0.39, 0.29) is 0 Å². The van der Waals surface area contributed by atoms with E-state index < -0.39 is 5.41 Å². The maximum absolute atomic E-state index is 6.42. The molecule has 4 N–H and O–H groups in total. The first-order valence-corrected chi connectivity index (χ1v) is 15.3. The van der Waals surface area contributed by atoms with Gasteiger partial charge in [0, 0.05) is 11.4 Å². The topological polar surface area (TPSA) is 70.5 Å². The van der Waals surface area contributed by atoms with Crippen molar-refractivity contribution in [2.75, 3.05) is 11.5 Å². The summed E-state index contributed by atoms with van der Waals surface area (Å²) in [5.74, 6) is 3.24. The molecule has 7 rings (SSSR count). The molecule has 1 aliphatic rings. The molecule has 0 radical (unpaired) electrons. The van der Waals surface area contributed by atoms with Crippen LogP contribution in [0.2, 0.25) is 0 Å². The first-order chi connectivity index (χ1) is 21.8. The van der Waals surface area contributed by atoms with Gasteiger partial charge in [-0.1, -0.05) is 72.8 Å². The van der Waals surface area contributed by atoms with Crippen molar-refractivity contribution in [2.24, 2.45) is 0 Å². The molecule has 0 saturated carbocycles. The van der Waals surface area contributed by atoms with Crippen LogP contribution < -0.4 is 20.9 Å². The molecule has 0 fully saturated rings. The SMILES string of the molecule is Cc1cc(N)ccc1Oc1ccc(C2(c3ccc(Oc4ccc(N)cc4C)c(C)c3)c3ccccc3-c3ccccc32)cc1C. The van der Waals surface area contributed by atoms with Gasteiger partial charge in [0.1, 0.15) is 23.0 Å². The van der Waals surface area contributed by atoms with Crippen LogP contribution in [-0.4, -0.2) is 0 Å². The quantitative estimate of drug-likeness (QED) is 0.190. The minimum absolute atomic E-state index is 0.534. The van der Waals surface area contributed by atoms with Crippen LogP contribution in [0.3, 0.4) is 0 Å². The Morgan fingerprint density at radius 1 is 0.422 bits per heavy atom. The summed E-state index contributed by atoms with van der Waals surface area (Å²) in [7, 11) is 0. The van der Waals surface area contributed by atoms with Crippen LogP contribution in [-0.2, 0) is 5.41 Å². The summed E-state index contributed by atoms with van der Waals surface area (Å²) in [6.45, 7) is 8.26. The average Bonchev–Trinajstić information content (AvgIpc) is 3.33. The van der Waals surface area contributed by atoms with Crippen molar-refractivity contribution < 1.29 is 9.47 Å². The first kappa shape index (κ1) is 28.3. The van der Waals surface area contributed by atoms with Gasteiger partial charge in [0.15, 0.2) is 0 Å². The molecule has 45 heavy (non-hydrogen) atoms. The van der Waals surface area contributed by atoms with Gasteiger partial charge in [-0.2, -0.15) is 0 Å². The third-order valence-electron chi connectivity index (χ3n) is 9.01. The molecule has 0 spiro atoms. The number of nitrogen functional groups attached to an aromatic ring is 2. The number of ether oxygens (including phenoxy) is 2. The van der Waals surface area contributed by atoms with E-state index in [4.69, 9.17) is 20.9 Å². The van der Waals surface area contributed by atoms with Gasteiger partial charge >= 0.3 is 0 Å². The number of rotatable bonds is 6. The van der Waals surface area contributed by atoms with Crippen LogP contribution in [0, 0.1) is 27.7 Å². The lowest BCUT2D eigenvalue weighted by Gasteiger charge is -2.34. The highest BCUT2D eigenvalue weighted by Crippen LogP contribution is 2.56. The summed E-state index contributed by atoms with van der Waals surface area (Å²) in [6, 6.07) is 42.2. The van der Waals surface area contributed by atoms with Gasteiger partial charge in [-0.25, -0.2) is 0 Å². The van der Waals surface area contributed by atoms with Crippen molar-refractivity contribution in [3.05, 3.63) is 166 Å². The van der Waals surface area contributed by atoms with Crippen LogP contribution in [0.5, 0.6) is 23.0 Å². The summed E-state index contributed by atoms with van der Waals surface area (Å²) in [5.41, 5.74) is 24.4. The molecule has 0 amide bonds.